The Kier molecular flexibility index (Phi) is 5.59. The van der Waals surface area contributed by atoms with Crippen LogP contribution in [0.15, 0.2) is 48.5 Å². The van der Waals surface area contributed by atoms with E-state index >= 15 is 0 Å². The van der Waals surface area contributed by atoms with Crippen LogP contribution in [0.2, 0.25) is 0 Å². The zero-order valence-electron chi connectivity index (χ0n) is 13.3. The van der Waals surface area contributed by atoms with Crippen LogP contribution in [0.25, 0.3) is 0 Å². The van der Waals surface area contributed by atoms with Gasteiger partial charge in [-0.2, -0.15) is 5.26 Å². The van der Waals surface area contributed by atoms with E-state index in [4.69, 9.17) is 5.26 Å². The highest BCUT2D eigenvalue weighted by Crippen LogP contribution is 2.18. The summed E-state index contributed by atoms with van der Waals surface area (Å²) in [5.41, 5.74) is 2.75. The van der Waals surface area contributed by atoms with Crippen molar-refractivity contribution in [1.29, 1.82) is 5.26 Å². The van der Waals surface area contributed by atoms with Crippen LogP contribution >= 0.6 is 0 Å². The molecule has 5 nitrogen and oxygen atoms in total. The van der Waals surface area contributed by atoms with E-state index in [1.807, 2.05) is 30.3 Å². The minimum absolute atomic E-state index is 0.372. The summed E-state index contributed by atoms with van der Waals surface area (Å²) in [6.07, 6.45) is 0. The number of urea groups is 1. The van der Waals surface area contributed by atoms with Gasteiger partial charge in [0.15, 0.2) is 0 Å². The van der Waals surface area contributed by atoms with E-state index in [1.54, 1.807) is 24.3 Å². The highest BCUT2D eigenvalue weighted by molar-refractivity contribution is 6.00. The first-order chi connectivity index (χ1) is 11.2. The Morgan fingerprint density at radius 1 is 1.04 bits per heavy atom. The third kappa shape index (κ3) is 4.24. The van der Waals surface area contributed by atoms with E-state index in [0.717, 1.165) is 18.8 Å². The Balaban J connectivity index is 2.02. The highest BCUT2D eigenvalue weighted by atomic mass is 16.2. The molecule has 0 heterocycles. The number of hydrogen-bond donors (Lipinski definition) is 2. The van der Waals surface area contributed by atoms with Crippen LogP contribution in [0.4, 0.5) is 21.9 Å². The van der Waals surface area contributed by atoms with Crippen molar-refractivity contribution in [3.8, 4) is 6.07 Å². The van der Waals surface area contributed by atoms with Gasteiger partial charge in [0.2, 0.25) is 0 Å². The highest BCUT2D eigenvalue weighted by Gasteiger charge is 2.07. The number of para-hydroxylation sites is 1. The summed E-state index contributed by atoms with van der Waals surface area (Å²) in [5, 5.41) is 14.5. The van der Waals surface area contributed by atoms with E-state index in [0.29, 0.717) is 16.9 Å². The van der Waals surface area contributed by atoms with Crippen molar-refractivity contribution in [2.24, 2.45) is 0 Å². The molecule has 118 valence electrons. The maximum Gasteiger partial charge on any atom is 0.323 e. The largest absolute Gasteiger partial charge is 0.372 e. The maximum atomic E-state index is 12.0. The number of nitrogens with zero attached hydrogens (tertiary/aromatic N) is 2. The molecule has 5 heteroatoms. The Morgan fingerprint density at radius 2 is 1.70 bits per heavy atom. The molecule has 0 aliphatic rings. The molecule has 0 bridgehead atoms. The number of rotatable bonds is 5. The molecule has 0 saturated carbocycles. The number of carbonyl (C=O) groups is 1. The minimum atomic E-state index is -0.372. The molecule has 2 aromatic rings. The quantitative estimate of drug-likeness (QED) is 0.875. The molecule has 0 fully saturated rings. The topological polar surface area (TPSA) is 68.2 Å². The van der Waals surface area contributed by atoms with E-state index < -0.39 is 0 Å². The van der Waals surface area contributed by atoms with E-state index in [9.17, 15) is 4.79 Å². The van der Waals surface area contributed by atoms with Gasteiger partial charge in [-0.3, -0.25) is 0 Å². The predicted octanol–water partition coefficient (Wildman–Crippen LogP) is 4.05. The number of nitrogens with one attached hydrogen (secondary N) is 2. The number of benzene rings is 2. The molecule has 0 radical (unpaired) electrons. The Labute approximate surface area is 136 Å². The van der Waals surface area contributed by atoms with Gasteiger partial charge in [0.05, 0.1) is 11.3 Å². The molecule has 0 saturated heterocycles. The summed E-state index contributed by atoms with van der Waals surface area (Å²) >= 11 is 0. The van der Waals surface area contributed by atoms with Crippen molar-refractivity contribution < 1.29 is 4.79 Å². The van der Waals surface area contributed by atoms with Crippen molar-refractivity contribution in [3.63, 3.8) is 0 Å². The molecule has 2 amide bonds. The van der Waals surface area contributed by atoms with Crippen LogP contribution < -0.4 is 15.5 Å². The third-order valence-corrected chi connectivity index (χ3v) is 3.55. The van der Waals surface area contributed by atoms with Crippen molar-refractivity contribution in [3.05, 3.63) is 54.1 Å². The molecule has 0 unspecified atom stereocenters. The van der Waals surface area contributed by atoms with Crippen molar-refractivity contribution in [1.82, 2.24) is 0 Å². The standard InChI is InChI=1S/C18H20N4O/c1-3-22(4-2)16-11-9-15(10-12-16)20-18(23)21-17-8-6-5-7-14(17)13-19/h5-12H,3-4H2,1-2H3,(H2,20,21,23). The smallest absolute Gasteiger partial charge is 0.323 e. The summed E-state index contributed by atoms with van der Waals surface area (Å²) in [5.74, 6) is 0. The van der Waals surface area contributed by atoms with Crippen molar-refractivity contribution in [2.75, 3.05) is 28.6 Å². The van der Waals surface area contributed by atoms with Crippen molar-refractivity contribution in [2.45, 2.75) is 13.8 Å². The van der Waals surface area contributed by atoms with Gasteiger partial charge in [0.25, 0.3) is 0 Å². The molecule has 23 heavy (non-hydrogen) atoms. The second-order valence-corrected chi connectivity index (χ2v) is 4.96. The summed E-state index contributed by atoms with van der Waals surface area (Å²) < 4.78 is 0. The molecule has 0 atom stereocenters. The van der Waals surface area contributed by atoms with Gasteiger partial charge < -0.3 is 15.5 Å². The van der Waals surface area contributed by atoms with E-state index in [2.05, 4.69) is 29.4 Å². The maximum absolute atomic E-state index is 12.0. The van der Waals surface area contributed by atoms with Crippen LogP contribution in [-0.2, 0) is 0 Å². The van der Waals surface area contributed by atoms with E-state index in [-0.39, 0.29) is 6.03 Å². The zero-order chi connectivity index (χ0) is 16.7. The van der Waals surface area contributed by atoms with Crippen LogP contribution in [-0.4, -0.2) is 19.1 Å². The zero-order valence-corrected chi connectivity index (χ0v) is 13.3. The molecule has 0 spiro atoms. The summed E-state index contributed by atoms with van der Waals surface area (Å²) in [6.45, 7) is 6.09. The number of nitriles is 1. The van der Waals surface area contributed by atoms with Gasteiger partial charge >= 0.3 is 6.03 Å². The van der Waals surface area contributed by atoms with Crippen LogP contribution in [0.5, 0.6) is 0 Å². The average Bonchev–Trinajstić information content (AvgIpc) is 2.58. The SMILES string of the molecule is CCN(CC)c1ccc(NC(=O)Nc2ccccc2C#N)cc1. The fourth-order valence-corrected chi connectivity index (χ4v) is 2.32. The van der Waals surface area contributed by atoms with E-state index in [1.165, 1.54) is 0 Å². The minimum Gasteiger partial charge on any atom is -0.372 e. The molecule has 0 aliphatic carbocycles. The third-order valence-electron chi connectivity index (χ3n) is 3.55. The van der Waals surface area contributed by atoms with Gasteiger partial charge in [-0.05, 0) is 50.2 Å². The fraction of sp³-hybridized carbons (Fsp3) is 0.222. The van der Waals surface area contributed by atoms with Gasteiger partial charge in [0.1, 0.15) is 6.07 Å². The van der Waals surface area contributed by atoms with Crippen LogP contribution in [0, 0.1) is 11.3 Å². The Morgan fingerprint density at radius 3 is 2.30 bits per heavy atom. The Bertz CT molecular complexity index is 700. The molecule has 2 aromatic carbocycles. The lowest BCUT2D eigenvalue weighted by Gasteiger charge is -2.21. The lowest BCUT2D eigenvalue weighted by Crippen LogP contribution is -2.22. The van der Waals surface area contributed by atoms with Crippen LogP contribution in [0.3, 0.4) is 0 Å². The first kappa shape index (κ1) is 16.4. The number of hydrogen-bond acceptors (Lipinski definition) is 3. The first-order valence-electron chi connectivity index (χ1n) is 7.60. The molecular formula is C18H20N4O. The summed E-state index contributed by atoms with van der Waals surface area (Å²) in [6, 6.07) is 16.3. The monoisotopic (exact) mass is 308 g/mol. The second kappa shape index (κ2) is 7.85. The lowest BCUT2D eigenvalue weighted by molar-refractivity contribution is 0.262. The molecule has 2 N–H and O–H groups in total. The fourth-order valence-electron chi connectivity index (χ4n) is 2.32. The van der Waals surface area contributed by atoms with Gasteiger partial charge in [0, 0.05) is 24.5 Å². The van der Waals surface area contributed by atoms with Gasteiger partial charge in [-0.25, -0.2) is 4.79 Å². The Hall–Kier alpha value is -3.00. The summed E-state index contributed by atoms with van der Waals surface area (Å²) in [4.78, 5) is 14.3. The average molecular weight is 308 g/mol. The van der Waals surface area contributed by atoms with Crippen molar-refractivity contribution >= 4 is 23.1 Å². The number of anilines is 3. The molecule has 0 aliphatic heterocycles. The molecule has 0 aromatic heterocycles. The molecule has 2 rings (SSSR count). The second-order valence-electron chi connectivity index (χ2n) is 4.96. The first-order valence-corrected chi connectivity index (χ1v) is 7.60. The summed E-state index contributed by atoms with van der Waals surface area (Å²) in [7, 11) is 0. The van der Waals surface area contributed by atoms with Crippen LogP contribution in [0.1, 0.15) is 19.4 Å². The predicted molar refractivity (Wildman–Crippen MR) is 93.8 cm³/mol. The van der Waals surface area contributed by atoms with Gasteiger partial charge in [-0.15, -0.1) is 0 Å². The number of carbonyl (C=O) groups excluding carboxylic acids is 1. The number of amides is 2. The normalized spacial score (nSPS) is 9.78. The lowest BCUT2D eigenvalue weighted by atomic mass is 10.2. The molecular weight excluding hydrogens is 288 g/mol. The van der Waals surface area contributed by atoms with Gasteiger partial charge in [-0.1, -0.05) is 12.1 Å².